The van der Waals surface area contributed by atoms with Gasteiger partial charge in [0.15, 0.2) is 18.9 Å². The maximum absolute atomic E-state index is 12.1. The molecule has 0 spiro atoms. The van der Waals surface area contributed by atoms with Crippen LogP contribution in [0, 0.1) is 0 Å². The molecule has 3 heterocycles. The van der Waals surface area contributed by atoms with Crippen LogP contribution in [0.4, 0.5) is 0 Å². The highest BCUT2D eigenvalue weighted by atomic mass is 16.8. The van der Waals surface area contributed by atoms with Crippen molar-refractivity contribution in [3.05, 3.63) is 12.2 Å². The SMILES string of the molecule is CCCCCCCCCCCCCCCCCCCCCCCCCCCCCCC/C=C/C(O)C(COC1OC(CO)C(OC2OC(CO)C(OC3OC(CO)C(O)C(O)C3O)C(O)C2O)C(O)C1O)NC(C)=O. The number of nitrogens with one attached hydrogen (secondary N) is 1. The summed E-state index contributed by atoms with van der Waals surface area (Å²) in [6.45, 7) is 0.774. The van der Waals surface area contributed by atoms with Crippen LogP contribution in [0.2, 0.25) is 0 Å². The summed E-state index contributed by atoms with van der Waals surface area (Å²) >= 11 is 0. The summed E-state index contributed by atoms with van der Waals surface area (Å²) < 4.78 is 33.7. The molecule has 1 amide bonds. The molecule has 0 aromatic rings. The van der Waals surface area contributed by atoms with Gasteiger partial charge in [0.2, 0.25) is 5.91 Å². The van der Waals surface area contributed by atoms with E-state index in [2.05, 4.69) is 12.2 Å². The molecule has 0 aliphatic carbocycles. The Morgan fingerprint density at radius 3 is 1.17 bits per heavy atom. The molecule has 3 fully saturated rings. The van der Waals surface area contributed by atoms with Crippen LogP contribution in [-0.2, 0) is 33.2 Å². The Morgan fingerprint density at radius 1 is 0.467 bits per heavy atom. The van der Waals surface area contributed by atoms with Crippen LogP contribution in [0.3, 0.4) is 0 Å². The standard InChI is InChI=1S/C56H105NO18/c1-3-4-5-6-7-8-9-10-11-12-13-14-15-16-17-18-19-20-21-22-23-24-25-26-27-28-29-30-31-32-33-34-41(62)40(57-39(2)61)38-70-54-50(68)47(65)52(43(36-59)72-54)75-56-51(69)48(66)53(44(37-60)73-56)74-55-49(67)46(64)45(63)42(35-58)71-55/h33-34,40-56,58-60,62-69H,3-32,35-38H2,1-2H3,(H,57,61)/b34-33+. The number of carbonyl (C=O) groups excluding carboxylic acids is 1. The molecule has 19 nitrogen and oxygen atoms in total. The fourth-order valence-electron chi connectivity index (χ4n) is 10.3. The van der Waals surface area contributed by atoms with Gasteiger partial charge in [0.1, 0.15) is 73.2 Å². The third-order valence-corrected chi connectivity index (χ3v) is 15.1. The van der Waals surface area contributed by atoms with Crippen LogP contribution >= 0.6 is 0 Å². The predicted molar refractivity (Wildman–Crippen MR) is 282 cm³/mol. The molecule has 0 aromatic heterocycles. The first-order valence-corrected chi connectivity index (χ1v) is 29.4. The highest BCUT2D eigenvalue weighted by Crippen LogP contribution is 2.33. The van der Waals surface area contributed by atoms with E-state index in [1.165, 1.54) is 174 Å². The van der Waals surface area contributed by atoms with Gasteiger partial charge >= 0.3 is 0 Å². The molecule has 0 saturated carbocycles. The maximum Gasteiger partial charge on any atom is 0.217 e. The van der Waals surface area contributed by atoms with E-state index in [1.54, 1.807) is 6.08 Å². The molecule has 19 heteroatoms. The molecule has 12 N–H and O–H groups in total. The summed E-state index contributed by atoms with van der Waals surface area (Å²) in [7, 11) is 0. The number of ether oxygens (including phenoxy) is 6. The first kappa shape index (κ1) is 67.8. The Morgan fingerprint density at radius 2 is 0.800 bits per heavy atom. The molecule has 17 unspecified atom stereocenters. The van der Waals surface area contributed by atoms with Crippen molar-refractivity contribution in [3.8, 4) is 0 Å². The van der Waals surface area contributed by atoms with Crippen molar-refractivity contribution in [2.75, 3.05) is 26.4 Å². The van der Waals surface area contributed by atoms with Gasteiger partial charge in [-0.05, 0) is 12.8 Å². The molecule has 3 saturated heterocycles. The topological polar surface area (TPSA) is 307 Å². The number of aliphatic hydroxyl groups is 11. The fraction of sp³-hybridized carbons (Fsp3) is 0.946. The van der Waals surface area contributed by atoms with Crippen molar-refractivity contribution in [1.82, 2.24) is 5.32 Å². The van der Waals surface area contributed by atoms with Gasteiger partial charge in [0.05, 0.1) is 38.6 Å². The number of carbonyl (C=O) groups is 1. The number of amides is 1. The van der Waals surface area contributed by atoms with Crippen LogP contribution in [0.15, 0.2) is 12.2 Å². The number of hydrogen-bond donors (Lipinski definition) is 12. The van der Waals surface area contributed by atoms with Gasteiger partial charge in [-0.25, -0.2) is 0 Å². The average molecular weight is 1080 g/mol. The van der Waals surface area contributed by atoms with Crippen molar-refractivity contribution in [2.45, 2.75) is 311 Å². The van der Waals surface area contributed by atoms with Crippen molar-refractivity contribution < 1.29 is 89.4 Å². The maximum atomic E-state index is 12.1. The second-order valence-corrected chi connectivity index (χ2v) is 21.6. The summed E-state index contributed by atoms with van der Waals surface area (Å²) in [6.07, 6.45) is 16.6. The normalized spacial score (nSPS) is 31.2. The lowest BCUT2D eigenvalue weighted by molar-refractivity contribution is -0.379. The molecule has 3 aliphatic heterocycles. The molecule has 3 aliphatic rings. The number of aliphatic hydroxyl groups excluding tert-OH is 11. The van der Waals surface area contributed by atoms with Gasteiger partial charge in [-0.2, -0.15) is 0 Å². The highest BCUT2D eigenvalue weighted by molar-refractivity contribution is 5.73. The molecule has 75 heavy (non-hydrogen) atoms. The highest BCUT2D eigenvalue weighted by Gasteiger charge is 2.53. The second kappa shape index (κ2) is 40.7. The number of rotatable bonds is 43. The monoisotopic (exact) mass is 1080 g/mol. The van der Waals surface area contributed by atoms with Crippen LogP contribution in [0.5, 0.6) is 0 Å². The number of allylic oxidation sites excluding steroid dienone is 1. The Bertz CT molecular complexity index is 1430. The Hall–Kier alpha value is -1.47. The van der Waals surface area contributed by atoms with E-state index in [4.69, 9.17) is 28.4 Å². The van der Waals surface area contributed by atoms with Crippen LogP contribution < -0.4 is 5.32 Å². The van der Waals surface area contributed by atoms with Crippen LogP contribution in [0.1, 0.15) is 206 Å². The minimum atomic E-state index is -1.97. The Kier molecular flexibility index (Phi) is 36.8. The molecular weight excluding hydrogens is 975 g/mol. The van der Waals surface area contributed by atoms with Crippen molar-refractivity contribution in [3.63, 3.8) is 0 Å². The smallest absolute Gasteiger partial charge is 0.217 e. The summed E-state index contributed by atoms with van der Waals surface area (Å²) in [6, 6.07) is -0.970. The summed E-state index contributed by atoms with van der Waals surface area (Å²) in [5, 5.41) is 118. The number of hydrogen-bond acceptors (Lipinski definition) is 18. The quantitative estimate of drug-likeness (QED) is 0.0293. The largest absolute Gasteiger partial charge is 0.394 e. The van der Waals surface area contributed by atoms with Crippen molar-refractivity contribution >= 4 is 5.91 Å². The molecule has 0 bridgehead atoms. The third-order valence-electron chi connectivity index (χ3n) is 15.1. The Labute approximate surface area is 448 Å². The van der Waals surface area contributed by atoms with E-state index < -0.39 is 130 Å². The van der Waals surface area contributed by atoms with E-state index in [1.807, 2.05) is 6.08 Å². The molecule has 0 radical (unpaired) electrons. The Balaban J connectivity index is 1.23. The molecule has 0 aromatic carbocycles. The number of unbranched alkanes of at least 4 members (excludes halogenated alkanes) is 29. The van der Waals surface area contributed by atoms with Gasteiger partial charge in [0.25, 0.3) is 0 Å². The molecule has 3 rings (SSSR count). The average Bonchev–Trinajstić information content (AvgIpc) is 3.40. The van der Waals surface area contributed by atoms with E-state index in [0.29, 0.717) is 0 Å². The van der Waals surface area contributed by atoms with E-state index in [-0.39, 0.29) is 6.61 Å². The molecule has 442 valence electrons. The van der Waals surface area contributed by atoms with E-state index in [9.17, 15) is 61.0 Å². The summed E-state index contributed by atoms with van der Waals surface area (Å²) in [5.41, 5.74) is 0. The lowest BCUT2D eigenvalue weighted by Crippen LogP contribution is -2.66. The third kappa shape index (κ3) is 25.7. The minimum Gasteiger partial charge on any atom is -0.394 e. The summed E-state index contributed by atoms with van der Waals surface area (Å²) in [5.74, 6) is -0.450. The van der Waals surface area contributed by atoms with Gasteiger partial charge in [-0.3, -0.25) is 4.79 Å². The van der Waals surface area contributed by atoms with Crippen molar-refractivity contribution in [2.24, 2.45) is 0 Å². The predicted octanol–water partition coefficient (Wildman–Crippen LogP) is 4.60. The first-order chi connectivity index (χ1) is 36.3. The van der Waals surface area contributed by atoms with Gasteiger partial charge in [-0.15, -0.1) is 0 Å². The first-order valence-electron chi connectivity index (χ1n) is 29.4. The lowest BCUT2D eigenvalue weighted by atomic mass is 9.96. The minimum absolute atomic E-state index is 0.368. The molecular formula is C56H105NO18. The van der Waals surface area contributed by atoms with Gasteiger partial charge in [0, 0.05) is 6.92 Å². The van der Waals surface area contributed by atoms with E-state index in [0.717, 1.165) is 25.7 Å². The lowest BCUT2D eigenvalue weighted by Gasteiger charge is -2.48. The van der Waals surface area contributed by atoms with Crippen molar-refractivity contribution in [1.29, 1.82) is 0 Å². The zero-order valence-electron chi connectivity index (χ0n) is 45.8. The molecule has 17 atom stereocenters. The zero-order chi connectivity index (χ0) is 54.8. The van der Waals surface area contributed by atoms with Gasteiger partial charge in [-0.1, -0.05) is 199 Å². The van der Waals surface area contributed by atoms with Gasteiger partial charge < -0.3 is 89.9 Å². The second-order valence-electron chi connectivity index (χ2n) is 21.6. The zero-order valence-corrected chi connectivity index (χ0v) is 45.8. The van der Waals surface area contributed by atoms with Crippen LogP contribution in [0.25, 0.3) is 0 Å². The van der Waals surface area contributed by atoms with Crippen LogP contribution in [-0.4, -0.2) is 193 Å². The fourth-order valence-corrected chi connectivity index (χ4v) is 10.3. The van der Waals surface area contributed by atoms with E-state index >= 15 is 0 Å². The summed E-state index contributed by atoms with van der Waals surface area (Å²) in [4.78, 5) is 12.1.